The van der Waals surface area contributed by atoms with Gasteiger partial charge < -0.3 is 19.0 Å². The summed E-state index contributed by atoms with van der Waals surface area (Å²) in [5, 5.41) is 0. The lowest BCUT2D eigenvalue weighted by atomic mass is 9.83. The first-order valence-electron chi connectivity index (χ1n) is 6.45. The molecule has 0 amide bonds. The summed E-state index contributed by atoms with van der Waals surface area (Å²) >= 11 is 0. The summed E-state index contributed by atoms with van der Waals surface area (Å²) in [6.45, 7) is 7.98. The second-order valence-electron chi connectivity index (χ2n) is 5.78. The third-order valence-electron chi connectivity index (χ3n) is 3.95. The van der Waals surface area contributed by atoms with Gasteiger partial charge in [-0.25, -0.2) is 9.97 Å². The van der Waals surface area contributed by atoms with Gasteiger partial charge in [0, 0.05) is 0 Å². The fraction of sp³-hybridized carbons (Fsp3) is 0.583. The third kappa shape index (κ3) is 1.87. The molecule has 0 atom stereocenters. The molecule has 1 N–H and O–H groups in total. The number of imidazole rings is 1. The van der Waals surface area contributed by atoms with Crippen LogP contribution < -0.4 is 10.3 Å². The van der Waals surface area contributed by atoms with Crippen LogP contribution in [0, 0.1) is 0 Å². The molecule has 7 nitrogen and oxygen atoms in total. The molecule has 3 heterocycles. The lowest BCUT2D eigenvalue weighted by Crippen LogP contribution is -2.41. The molecule has 0 radical (unpaired) electrons. The van der Waals surface area contributed by atoms with E-state index in [1.54, 1.807) is 6.33 Å². The van der Waals surface area contributed by atoms with Crippen LogP contribution in [0.2, 0.25) is 0 Å². The molecule has 0 bridgehead atoms. The Hall–Kier alpha value is -1.67. The Bertz CT molecular complexity index is 639. The largest absolute Gasteiger partial charge is 0.517 e. The molecule has 20 heavy (non-hydrogen) atoms. The van der Waals surface area contributed by atoms with Crippen molar-refractivity contribution in [3.63, 3.8) is 0 Å². The van der Waals surface area contributed by atoms with Crippen molar-refractivity contribution in [3.8, 4) is 6.01 Å². The van der Waals surface area contributed by atoms with Gasteiger partial charge >= 0.3 is 13.1 Å². The summed E-state index contributed by atoms with van der Waals surface area (Å²) in [5.74, 6) is 0. The van der Waals surface area contributed by atoms with E-state index in [9.17, 15) is 0 Å². The van der Waals surface area contributed by atoms with Gasteiger partial charge in [-0.05, 0) is 27.7 Å². The quantitative estimate of drug-likeness (QED) is 0.811. The Balaban J connectivity index is 2.09. The summed E-state index contributed by atoms with van der Waals surface area (Å²) in [6, 6.07) is 0.245. The van der Waals surface area contributed by atoms with E-state index in [-0.39, 0.29) is 6.01 Å². The number of H-pyrrole nitrogens is 1. The summed E-state index contributed by atoms with van der Waals surface area (Å²) < 4.78 is 17.1. The SMILES string of the molecule is COc1nc(B2OC(C)(C)C(C)(C)O2)c2[nH]cnc2n1. The fourth-order valence-corrected chi connectivity index (χ4v) is 2.05. The van der Waals surface area contributed by atoms with Gasteiger partial charge in [-0.1, -0.05) is 0 Å². The molecular weight excluding hydrogens is 259 g/mol. The van der Waals surface area contributed by atoms with E-state index < -0.39 is 18.3 Å². The van der Waals surface area contributed by atoms with Crippen LogP contribution in [0.4, 0.5) is 0 Å². The van der Waals surface area contributed by atoms with E-state index in [4.69, 9.17) is 14.0 Å². The summed E-state index contributed by atoms with van der Waals surface area (Å²) in [6.07, 6.45) is 1.56. The molecule has 2 aromatic rings. The Morgan fingerprint density at radius 3 is 2.40 bits per heavy atom. The maximum absolute atomic E-state index is 6.01. The van der Waals surface area contributed by atoms with Crippen LogP contribution in [0.3, 0.4) is 0 Å². The molecule has 0 unspecified atom stereocenters. The van der Waals surface area contributed by atoms with Crippen LogP contribution in [-0.2, 0) is 9.31 Å². The predicted octanol–water partition coefficient (Wildman–Crippen LogP) is 0.661. The number of methoxy groups -OCH3 is 1. The Labute approximate surface area is 117 Å². The molecule has 8 heteroatoms. The van der Waals surface area contributed by atoms with Gasteiger partial charge in [0.1, 0.15) is 11.1 Å². The lowest BCUT2D eigenvalue weighted by molar-refractivity contribution is 0.00578. The highest BCUT2D eigenvalue weighted by atomic mass is 16.7. The van der Waals surface area contributed by atoms with Gasteiger partial charge in [0.25, 0.3) is 0 Å². The molecule has 0 aromatic carbocycles. The molecule has 1 saturated heterocycles. The summed E-state index contributed by atoms with van der Waals surface area (Å²) in [5.41, 5.74) is 0.971. The third-order valence-corrected chi connectivity index (χ3v) is 3.95. The van der Waals surface area contributed by atoms with E-state index >= 15 is 0 Å². The summed E-state index contributed by atoms with van der Waals surface area (Å²) in [7, 11) is 0.932. The number of rotatable bonds is 2. The number of nitrogens with one attached hydrogen (secondary N) is 1. The minimum absolute atomic E-state index is 0.245. The van der Waals surface area contributed by atoms with Crippen LogP contribution in [0.15, 0.2) is 6.33 Å². The average molecular weight is 276 g/mol. The topological polar surface area (TPSA) is 82.1 Å². The zero-order valence-corrected chi connectivity index (χ0v) is 12.2. The van der Waals surface area contributed by atoms with Crippen LogP contribution in [0.5, 0.6) is 6.01 Å². The highest BCUT2D eigenvalue weighted by molar-refractivity contribution is 6.63. The number of fused-ring (bicyclic) bond motifs is 1. The van der Waals surface area contributed by atoms with Crippen molar-refractivity contribution < 1.29 is 14.0 Å². The Morgan fingerprint density at radius 1 is 1.15 bits per heavy atom. The van der Waals surface area contributed by atoms with E-state index in [2.05, 4.69) is 19.9 Å². The van der Waals surface area contributed by atoms with Gasteiger partial charge in [-0.15, -0.1) is 0 Å². The maximum Gasteiger partial charge on any atom is 0.517 e. The molecule has 3 rings (SSSR count). The highest BCUT2D eigenvalue weighted by Gasteiger charge is 2.53. The average Bonchev–Trinajstić information content (AvgIpc) is 2.90. The van der Waals surface area contributed by atoms with E-state index in [0.717, 1.165) is 0 Å². The summed E-state index contributed by atoms with van der Waals surface area (Å²) in [4.78, 5) is 15.7. The van der Waals surface area contributed by atoms with Gasteiger partial charge in [-0.2, -0.15) is 4.98 Å². The van der Waals surface area contributed by atoms with Crippen molar-refractivity contribution in [2.45, 2.75) is 38.9 Å². The van der Waals surface area contributed by atoms with Crippen LogP contribution >= 0.6 is 0 Å². The minimum Gasteiger partial charge on any atom is -0.467 e. The Morgan fingerprint density at radius 2 is 1.80 bits per heavy atom. The number of aromatic nitrogens is 4. The second-order valence-corrected chi connectivity index (χ2v) is 5.78. The fourth-order valence-electron chi connectivity index (χ4n) is 2.05. The molecule has 1 aliphatic heterocycles. The van der Waals surface area contributed by atoms with Crippen LogP contribution in [0.1, 0.15) is 27.7 Å². The van der Waals surface area contributed by atoms with Gasteiger partial charge in [0.2, 0.25) is 0 Å². The molecular formula is C12H17BN4O3. The van der Waals surface area contributed by atoms with Gasteiger partial charge in [0.05, 0.1) is 24.6 Å². The van der Waals surface area contributed by atoms with Gasteiger partial charge in [0.15, 0.2) is 5.65 Å². The predicted molar refractivity (Wildman–Crippen MR) is 74.0 cm³/mol. The molecule has 2 aromatic heterocycles. The zero-order valence-electron chi connectivity index (χ0n) is 12.2. The van der Waals surface area contributed by atoms with Crippen molar-refractivity contribution in [2.24, 2.45) is 0 Å². The van der Waals surface area contributed by atoms with Crippen molar-refractivity contribution in [1.82, 2.24) is 19.9 Å². The van der Waals surface area contributed by atoms with Crippen molar-refractivity contribution in [1.29, 1.82) is 0 Å². The lowest BCUT2D eigenvalue weighted by Gasteiger charge is -2.32. The van der Waals surface area contributed by atoms with Crippen molar-refractivity contribution in [3.05, 3.63) is 6.33 Å². The number of aromatic amines is 1. The molecule has 1 aliphatic rings. The smallest absolute Gasteiger partial charge is 0.467 e. The van der Waals surface area contributed by atoms with E-state index in [1.807, 2.05) is 27.7 Å². The molecule has 106 valence electrons. The first-order valence-corrected chi connectivity index (χ1v) is 6.45. The Kier molecular flexibility index (Phi) is 2.77. The van der Waals surface area contributed by atoms with Gasteiger partial charge in [-0.3, -0.25) is 0 Å². The number of hydrogen-bond donors (Lipinski definition) is 1. The van der Waals surface area contributed by atoms with Crippen molar-refractivity contribution >= 4 is 23.9 Å². The number of hydrogen-bond acceptors (Lipinski definition) is 6. The van der Waals surface area contributed by atoms with Crippen LogP contribution in [0.25, 0.3) is 11.2 Å². The highest BCUT2D eigenvalue weighted by Crippen LogP contribution is 2.36. The second kappa shape index (κ2) is 4.16. The first kappa shape index (κ1) is 13.3. The maximum atomic E-state index is 6.01. The monoisotopic (exact) mass is 276 g/mol. The molecule has 0 aliphatic carbocycles. The number of ether oxygens (including phenoxy) is 1. The van der Waals surface area contributed by atoms with E-state index in [0.29, 0.717) is 16.8 Å². The molecule has 0 spiro atoms. The van der Waals surface area contributed by atoms with Crippen molar-refractivity contribution in [2.75, 3.05) is 7.11 Å². The standard InChI is InChI=1S/C12H17BN4O3/c1-11(2)12(3,4)20-13(19-11)8-7-9(15-6-14-7)17-10(16-8)18-5/h6H,1-5H3,(H,14,15,16,17). The minimum atomic E-state index is -0.583. The number of nitrogens with zero attached hydrogens (tertiary/aromatic N) is 3. The molecule has 0 saturated carbocycles. The van der Waals surface area contributed by atoms with E-state index in [1.165, 1.54) is 7.11 Å². The normalized spacial score (nSPS) is 20.6. The first-order chi connectivity index (χ1) is 9.34. The van der Waals surface area contributed by atoms with Crippen LogP contribution in [-0.4, -0.2) is 45.4 Å². The molecule has 1 fully saturated rings. The zero-order chi connectivity index (χ0) is 14.5.